The van der Waals surface area contributed by atoms with Crippen LogP contribution in [0.2, 0.25) is 0 Å². The Morgan fingerprint density at radius 3 is 2.74 bits per heavy atom. The summed E-state index contributed by atoms with van der Waals surface area (Å²) in [4.78, 5) is 10.9. The first-order valence-electron chi connectivity index (χ1n) is 6.66. The van der Waals surface area contributed by atoms with Gasteiger partial charge in [0.05, 0.1) is 17.6 Å². The zero-order valence-electron chi connectivity index (χ0n) is 10.8. The minimum Gasteiger partial charge on any atom is -0.481 e. The molecule has 1 aliphatic carbocycles. The van der Waals surface area contributed by atoms with Crippen molar-refractivity contribution in [2.24, 2.45) is 11.8 Å². The molecular formula is C15H18N2O2. The summed E-state index contributed by atoms with van der Waals surface area (Å²) < 4.78 is 0. The van der Waals surface area contributed by atoms with Gasteiger partial charge in [-0.25, -0.2) is 0 Å². The molecule has 1 fully saturated rings. The van der Waals surface area contributed by atoms with Crippen molar-refractivity contribution in [2.45, 2.75) is 25.7 Å². The van der Waals surface area contributed by atoms with E-state index in [1.54, 1.807) is 6.07 Å². The monoisotopic (exact) mass is 258 g/mol. The maximum atomic E-state index is 10.9. The first kappa shape index (κ1) is 13.4. The van der Waals surface area contributed by atoms with Crippen LogP contribution in [0.3, 0.4) is 0 Å². The molecule has 0 heterocycles. The third-order valence-corrected chi connectivity index (χ3v) is 3.78. The fraction of sp³-hybridized carbons (Fsp3) is 0.467. The molecule has 2 N–H and O–H groups in total. The summed E-state index contributed by atoms with van der Waals surface area (Å²) in [5.41, 5.74) is 1.61. The second kappa shape index (κ2) is 6.24. The van der Waals surface area contributed by atoms with Crippen LogP contribution in [0.15, 0.2) is 24.3 Å². The van der Waals surface area contributed by atoms with Crippen molar-refractivity contribution in [3.05, 3.63) is 29.8 Å². The highest BCUT2D eigenvalue weighted by molar-refractivity contribution is 5.70. The Bertz CT molecular complexity index is 485. The van der Waals surface area contributed by atoms with Crippen molar-refractivity contribution in [2.75, 3.05) is 11.9 Å². The second-order valence-electron chi connectivity index (χ2n) is 5.13. The molecule has 0 bridgehead atoms. The molecule has 0 radical (unpaired) electrons. The Labute approximate surface area is 113 Å². The maximum Gasteiger partial charge on any atom is 0.306 e. The van der Waals surface area contributed by atoms with Crippen molar-refractivity contribution in [1.29, 1.82) is 5.26 Å². The SMILES string of the molecule is N#Cc1cccc(NCC2CCC(C(=O)O)CC2)c1. The summed E-state index contributed by atoms with van der Waals surface area (Å²) in [6.07, 6.45) is 3.48. The summed E-state index contributed by atoms with van der Waals surface area (Å²) in [5, 5.41) is 21.1. The number of carboxylic acids is 1. The normalized spacial score (nSPS) is 22.5. The first-order valence-corrected chi connectivity index (χ1v) is 6.66. The third-order valence-electron chi connectivity index (χ3n) is 3.78. The predicted molar refractivity (Wildman–Crippen MR) is 72.7 cm³/mol. The van der Waals surface area contributed by atoms with E-state index in [4.69, 9.17) is 10.4 Å². The Hall–Kier alpha value is -2.02. The number of nitriles is 1. The highest BCUT2D eigenvalue weighted by Crippen LogP contribution is 2.29. The van der Waals surface area contributed by atoms with E-state index in [0.717, 1.165) is 37.9 Å². The van der Waals surface area contributed by atoms with Gasteiger partial charge in [0, 0.05) is 12.2 Å². The van der Waals surface area contributed by atoms with Gasteiger partial charge in [-0.2, -0.15) is 5.26 Å². The summed E-state index contributed by atoms with van der Waals surface area (Å²) in [6, 6.07) is 9.55. The van der Waals surface area contributed by atoms with Crippen LogP contribution in [0.5, 0.6) is 0 Å². The summed E-state index contributed by atoms with van der Waals surface area (Å²) in [6.45, 7) is 0.848. The Kier molecular flexibility index (Phi) is 4.40. The van der Waals surface area contributed by atoms with Crippen LogP contribution in [0, 0.1) is 23.2 Å². The van der Waals surface area contributed by atoms with E-state index in [2.05, 4.69) is 11.4 Å². The molecule has 2 rings (SSSR count). The van der Waals surface area contributed by atoms with Gasteiger partial charge in [0.25, 0.3) is 0 Å². The van der Waals surface area contributed by atoms with E-state index >= 15 is 0 Å². The van der Waals surface area contributed by atoms with Gasteiger partial charge in [-0.3, -0.25) is 4.79 Å². The van der Waals surface area contributed by atoms with Gasteiger partial charge in [0.15, 0.2) is 0 Å². The third kappa shape index (κ3) is 3.72. The van der Waals surface area contributed by atoms with Crippen LogP contribution in [0.25, 0.3) is 0 Å². The standard InChI is InChI=1S/C15H18N2O2/c16-9-12-2-1-3-14(8-12)17-10-11-4-6-13(7-5-11)15(18)19/h1-3,8,11,13,17H,4-7,10H2,(H,18,19). The van der Waals surface area contributed by atoms with Crippen molar-refractivity contribution >= 4 is 11.7 Å². The van der Waals surface area contributed by atoms with Gasteiger partial charge in [-0.15, -0.1) is 0 Å². The Morgan fingerprint density at radius 2 is 2.11 bits per heavy atom. The molecule has 0 spiro atoms. The number of hydrogen-bond donors (Lipinski definition) is 2. The van der Waals surface area contributed by atoms with Gasteiger partial charge in [0.1, 0.15) is 0 Å². The summed E-state index contributed by atoms with van der Waals surface area (Å²) in [7, 11) is 0. The molecule has 4 heteroatoms. The Morgan fingerprint density at radius 1 is 1.37 bits per heavy atom. The number of aliphatic carboxylic acids is 1. The molecule has 0 aliphatic heterocycles. The number of carboxylic acid groups (broad SMARTS) is 1. The topological polar surface area (TPSA) is 73.1 Å². The lowest BCUT2D eigenvalue weighted by atomic mass is 9.82. The van der Waals surface area contributed by atoms with Crippen LogP contribution in [-0.2, 0) is 4.79 Å². The van der Waals surface area contributed by atoms with Crippen molar-refractivity contribution in [1.82, 2.24) is 0 Å². The fourth-order valence-electron chi connectivity index (χ4n) is 2.57. The largest absolute Gasteiger partial charge is 0.481 e. The van der Waals surface area contributed by atoms with E-state index in [1.807, 2.05) is 18.2 Å². The van der Waals surface area contributed by atoms with Crippen LogP contribution >= 0.6 is 0 Å². The molecule has 19 heavy (non-hydrogen) atoms. The zero-order valence-corrected chi connectivity index (χ0v) is 10.8. The van der Waals surface area contributed by atoms with E-state index in [-0.39, 0.29) is 5.92 Å². The van der Waals surface area contributed by atoms with E-state index in [1.165, 1.54) is 0 Å². The molecular weight excluding hydrogens is 240 g/mol. The lowest BCUT2D eigenvalue weighted by Gasteiger charge is -2.26. The number of nitrogens with one attached hydrogen (secondary N) is 1. The molecule has 1 aliphatic rings. The first-order chi connectivity index (χ1) is 9.19. The number of anilines is 1. The number of rotatable bonds is 4. The van der Waals surface area contributed by atoms with Crippen LogP contribution in [-0.4, -0.2) is 17.6 Å². The van der Waals surface area contributed by atoms with Gasteiger partial charge < -0.3 is 10.4 Å². The quantitative estimate of drug-likeness (QED) is 0.871. The summed E-state index contributed by atoms with van der Waals surface area (Å²) >= 11 is 0. The second-order valence-corrected chi connectivity index (χ2v) is 5.13. The lowest BCUT2D eigenvalue weighted by Crippen LogP contribution is -2.25. The van der Waals surface area contributed by atoms with E-state index in [9.17, 15) is 4.79 Å². The van der Waals surface area contributed by atoms with Gasteiger partial charge in [-0.1, -0.05) is 6.07 Å². The molecule has 0 aromatic heterocycles. The average molecular weight is 258 g/mol. The van der Waals surface area contributed by atoms with Crippen LogP contribution in [0.4, 0.5) is 5.69 Å². The molecule has 4 nitrogen and oxygen atoms in total. The van der Waals surface area contributed by atoms with E-state index < -0.39 is 5.97 Å². The molecule has 0 saturated heterocycles. The maximum absolute atomic E-state index is 10.9. The highest BCUT2D eigenvalue weighted by Gasteiger charge is 2.25. The molecule has 1 saturated carbocycles. The van der Waals surface area contributed by atoms with Crippen molar-refractivity contribution in [3.8, 4) is 6.07 Å². The van der Waals surface area contributed by atoms with Gasteiger partial charge in [-0.05, 0) is 49.8 Å². The lowest BCUT2D eigenvalue weighted by molar-refractivity contribution is -0.143. The minimum atomic E-state index is -0.659. The molecule has 1 aromatic carbocycles. The summed E-state index contributed by atoms with van der Waals surface area (Å²) in [5.74, 6) is -0.285. The van der Waals surface area contributed by atoms with Crippen molar-refractivity contribution < 1.29 is 9.90 Å². The minimum absolute atomic E-state index is 0.154. The molecule has 1 aromatic rings. The molecule has 0 unspecified atom stereocenters. The van der Waals surface area contributed by atoms with E-state index in [0.29, 0.717) is 11.5 Å². The fourth-order valence-corrected chi connectivity index (χ4v) is 2.57. The predicted octanol–water partition coefficient (Wildman–Crippen LogP) is 2.86. The highest BCUT2D eigenvalue weighted by atomic mass is 16.4. The molecule has 0 amide bonds. The van der Waals surface area contributed by atoms with Gasteiger partial charge in [0.2, 0.25) is 0 Å². The molecule has 0 atom stereocenters. The van der Waals surface area contributed by atoms with Crippen LogP contribution < -0.4 is 5.32 Å². The number of carbonyl (C=O) groups is 1. The number of nitrogens with zero attached hydrogens (tertiary/aromatic N) is 1. The Balaban J connectivity index is 1.80. The van der Waals surface area contributed by atoms with Crippen LogP contribution in [0.1, 0.15) is 31.2 Å². The number of hydrogen-bond acceptors (Lipinski definition) is 3. The van der Waals surface area contributed by atoms with Crippen molar-refractivity contribution in [3.63, 3.8) is 0 Å². The average Bonchev–Trinajstić information content (AvgIpc) is 2.46. The zero-order chi connectivity index (χ0) is 13.7. The number of benzene rings is 1. The molecule has 100 valence electrons. The smallest absolute Gasteiger partial charge is 0.306 e. The van der Waals surface area contributed by atoms with Gasteiger partial charge >= 0.3 is 5.97 Å².